The highest BCUT2D eigenvalue weighted by Gasteiger charge is 2.18. The fourth-order valence-corrected chi connectivity index (χ4v) is 3.88. The van der Waals surface area contributed by atoms with Crippen LogP contribution in [0.15, 0.2) is 47.4 Å². The number of carbonyl (C=O) groups is 1. The van der Waals surface area contributed by atoms with Crippen LogP contribution in [0.2, 0.25) is 5.02 Å². The molecule has 0 heterocycles. The molecule has 0 saturated heterocycles. The standard InChI is InChI=1S/C21H27ClN2O4S.ClH/c1-4-24(15-16-6-8-17(22)9-7-16)13-12-23-21(25)19-14-18(29(26,27)5-2)10-11-20(19)28-3;/h6-11,14H,4-5,12-13,15H2,1-3H3,(H,23,25);1H. The lowest BCUT2D eigenvalue weighted by Crippen LogP contribution is -2.34. The van der Waals surface area contributed by atoms with Crippen molar-refractivity contribution in [1.29, 1.82) is 0 Å². The number of halogens is 2. The van der Waals surface area contributed by atoms with Gasteiger partial charge in [0.25, 0.3) is 5.91 Å². The zero-order valence-corrected chi connectivity index (χ0v) is 19.7. The smallest absolute Gasteiger partial charge is 0.255 e. The highest BCUT2D eigenvalue weighted by molar-refractivity contribution is 7.91. The van der Waals surface area contributed by atoms with E-state index >= 15 is 0 Å². The molecular formula is C21H28Cl2N2O4S. The minimum Gasteiger partial charge on any atom is -0.496 e. The van der Waals surface area contributed by atoms with Crippen molar-refractivity contribution in [3.8, 4) is 5.75 Å². The van der Waals surface area contributed by atoms with Crippen LogP contribution in [0.25, 0.3) is 0 Å². The Morgan fingerprint density at radius 2 is 1.80 bits per heavy atom. The number of rotatable bonds is 10. The number of likely N-dealkylation sites (N-methyl/N-ethyl adjacent to an activating group) is 1. The molecule has 0 aliphatic heterocycles. The maximum Gasteiger partial charge on any atom is 0.255 e. The third-order valence-electron chi connectivity index (χ3n) is 4.63. The summed E-state index contributed by atoms with van der Waals surface area (Å²) in [5.41, 5.74) is 1.35. The van der Waals surface area contributed by atoms with E-state index in [-0.39, 0.29) is 34.5 Å². The molecule has 0 spiro atoms. The van der Waals surface area contributed by atoms with Gasteiger partial charge in [-0.05, 0) is 42.4 Å². The highest BCUT2D eigenvalue weighted by atomic mass is 35.5. The topological polar surface area (TPSA) is 75.7 Å². The Balaban J connectivity index is 0.00000450. The van der Waals surface area contributed by atoms with Gasteiger partial charge < -0.3 is 10.1 Å². The van der Waals surface area contributed by atoms with Crippen LogP contribution < -0.4 is 10.1 Å². The summed E-state index contributed by atoms with van der Waals surface area (Å²) in [7, 11) is -1.96. The quantitative estimate of drug-likeness (QED) is 0.566. The molecule has 0 aromatic heterocycles. The molecule has 1 amide bonds. The summed E-state index contributed by atoms with van der Waals surface area (Å²) in [4.78, 5) is 14.9. The molecule has 1 N–H and O–H groups in total. The summed E-state index contributed by atoms with van der Waals surface area (Å²) in [5, 5.41) is 3.55. The number of hydrogen-bond donors (Lipinski definition) is 1. The monoisotopic (exact) mass is 474 g/mol. The number of sulfone groups is 1. The van der Waals surface area contributed by atoms with E-state index in [1.165, 1.54) is 25.3 Å². The Labute approximate surface area is 189 Å². The van der Waals surface area contributed by atoms with Crippen LogP contribution in [0.1, 0.15) is 29.8 Å². The molecule has 30 heavy (non-hydrogen) atoms. The number of carbonyl (C=O) groups excluding carboxylic acids is 1. The molecule has 0 fully saturated rings. The average molecular weight is 475 g/mol. The van der Waals surface area contributed by atoms with Crippen LogP contribution in [-0.4, -0.2) is 51.7 Å². The fraction of sp³-hybridized carbons (Fsp3) is 0.381. The van der Waals surface area contributed by atoms with Crippen molar-refractivity contribution in [3.05, 3.63) is 58.6 Å². The van der Waals surface area contributed by atoms with E-state index in [0.717, 1.165) is 18.7 Å². The van der Waals surface area contributed by atoms with Crippen molar-refractivity contribution in [2.75, 3.05) is 32.5 Å². The second kappa shape index (κ2) is 12.2. The molecule has 0 atom stereocenters. The second-order valence-electron chi connectivity index (χ2n) is 6.52. The van der Waals surface area contributed by atoms with E-state index in [4.69, 9.17) is 16.3 Å². The summed E-state index contributed by atoms with van der Waals surface area (Å²) in [6.07, 6.45) is 0. The summed E-state index contributed by atoms with van der Waals surface area (Å²) in [6, 6.07) is 12.0. The van der Waals surface area contributed by atoms with Gasteiger partial charge in [0.05, 0.1) is 23.3 Å². The summed E-state index contributed by atoms with van der Waals surface area (Å²) < 4.78 is 29.5. The third kappa shape index (κ3) is 7.16. The van der Waals surface area contributed by atoms with Gasteiger partial charge in [-0.25, -0.2) is 8.42 Å². The molecule has 0 bridgehead atoms. The summed E-state index contributed by atoms with van der Waals surface area (Å²) in [6.45, 7) is 6.27. The molecule has 0 unspecified atom stereocenters. The number of amides is 1. The van der Waals surface area contributed by atoms with E-state index in [1.807, 2.05) is 24.3 Å². The van der Waals surface area contributed by atoms with Gasteiger partial charge in [0.2, 0.25) is 0 Å². The van der Waals surface area contributed by atoms with Crippen molar-refractivity contribution < 1.29 is 17.9 Å². The lowest BCUT2D eigenvalue weighted by molar-refractivity contribution is 0.0945. The van der Waals surface area contributed by atoms with Crippen LogP contribution in [0.3, 0.4) is 0 Å². The second-order valence-corrected chi connectivity index (χ2v) is 9.23. The Kier molecular flexibility index (Phi) is 10.6. The van der Waals surface area contributed by atoms with Gasteiger partial charge in [-0.1, -0.05) is 37.6 Å². The van der Waals surface area contributed by atoms with E-state index in [9.17, 15) is 13.2 Å². The minimum absolute atomic E-state index is 0. The van der Waals surface area contributed by atoms with Crippen molar-refractivity contribution in [3.63, 3.8) is 0 Å². The SMILES string of the molecule is CCN(CCNC(=O)c1cc(S(=O)(=O)CC)ccc1OC)Cc1ccc(Cl)cc1.Cl. The highest BCUT2D eigenvalue weighted by Crippen LogP contribution is 2.23. The van der Waals surface area contributed by atoms with E-state index in [1.54, 1.807) is 6.92 Å². The lowest BCUT2D eigenvalue weighted by atomic mass is 10.2. The van der Waals surface area contributed by atoms with Crippen molar-refractivity contribution in [1.82, 2.24) is 10.2 Å². The number of ether oxygens (including phenoxy) is 1. The van der Waals surface area contributed by atoms with Crippen LogP contribution in [0.5, 0.6) is 5.75 Å². The van der Waals surface area contributed by atoms with Crippen LogP contribution in [0.4, 0.5) is 0 Å². The van der Waals surface area contributed by atoms with Crippen LogP contribution in [0, 0.1) is 0 Å². The van der Waals surface area contributed by atoms with Crippen LogP contribution >= 0.6 is 24.0 Å². The molecule has 0 aliphatic carbocycles. The predicted molar refractivity (Wildman–Crippen MR) is 123 cm³/mol. The molecule has 2 rings (SSSR count). The number of benzene rings is 2. The molecule has 166 valence electrons. The maximum atomic E-state index is 12.6. The normalized spacial score (nSPS) is 11.1. The minimum atomic E-state index is -3.41. The largest absolute Gasteiger partial charge is 0.496 e. The number of nitrogens with one attached hydrogen (secondary N) is 1. The van der Waals surface area contributed by atoms with Gasteiger partial charge in [0.1, 0.15) is 5.75 Å². The first-order valence-corrected chi connectivity index (χ1v) is 11.5. The first-order valence-electron chi connectivity index (χ1n) is 9.46. The average Bonchev–Trinajstić information content (AvgIpc) is 2.73. The van der Waals surface area contributed by atoms with E-state index in [0.29, 0.717) is 23.9 Å². The van der Waals surface area contributed by atoms with E-state index in [2.05, 4.69) is 17.1 Å². The molecule has 0 saturated carbocycles. The van der Waals surface area contributed by atoms with Gasteiger partial charge in [-0.2, -0.15) is 0 Å². The van der Waals surface area contributed by atoms with Gasteiger partial charge in [0.15, 0.2) is 9.84 Å². The molecule has 2 aromatic carbocycles. The third-order valence-corrected chi connectivity index (χ3v) is 6.62. The predicted octanol–water partition coefficient (Wildman–Crippen LogP) is 3.82. The molecule has 0 aliphatic rings. The summed E-state index contributed by atoms with van der Waals surface area (Å²) >= 11 is 5.92. The van der Waals surface area contributed by atoms with Crippen LogP contribution in [-0.2, 0) is 16.4 Å². The fourth-order valence-electron chi connectivity index (χ4n) is 2.84. The molecule has 2 aromatic rings. The Hall–Kier alpha value is -1.80. The zero-order chi connectivity index (χ0) is 21.4. The zero-order valence-electron chi connectivity index (χ0n) is 17.4. The molecular weight excluding hydrogens is 447 g/mol. The molecule has 0 radical (unpaired) electrons. The Morgan fingerprint density at radius 1 is 1.13 bits per heavy atom. The van der Waals surface area contributed by atoms with Gasteiger partial charge >= 0.3 is 0 Å². The van der Waals surface area contributed by atoms with Gasteiger partial charge in [-0.3, -0.25) is 9.69 Å². The van der Waals surface area contributed by atoms with Gasteiger partial charge in [-0.15, -0.1) is 12.4 Å². The Morgan fingerprint density at radius 3 is 2.37 bits per heavy atom. The maximum absolute atomic E-state index is 12.6. The van der Waals surface area contributed by atoms with Crippen molar-refractivity contribution >= 4 is 39.8 Å². The Bertz CT molecular complexity index is 935. The van der Waals surface area contributed by atoms with E-state index < -0.39 is 9.84 Å². The first kappa shape index (κ1) is 26.2. The van der Waals surface area contributed by atoms with Crippen molar-refractivity contribution in [2.45, 2.75) is 25.3 Å². The first-order chi connectivity index (χ1) is 13.8. The number of nitrogens with zero attached hydrogens (tertiary/aromatic N) is 1. The van der Waals surface area contributed by atoms with Crippen molar-refractivity contribution in [2.24, 2.45) is 0 Å². The summed E-state index contributed by atoms with van der Waals surface area (Å²) in [5.74, 6) is -0.0556. The number of methoxy groups -OCH3 is 1. The number of hydrogen-bond acceptors (Lipinski definition) is 5. The molecule has 6 nitrogen and oxygen atoms in total. The lowest BCUT2D eigenvalue weighted by Gasteiger charge is -2.21. The molecule has 9 heteroatoms. The van der Waals surface area contributed by atoms with Gasteiger partial charge in [0, 0.05) is 24.7 Å².